The number of anilines is 1. The van der Waals surface area contributed by atoms with Crippen LogP contribution >= 0.6 is 0 Å². The van der Waals surface area contributed by atoms with Crippen LogP contribution in [0.1, 0.15) is 79.0 Å². The molecule has 0 heterocycles. The summed E-state index contributed by atoms with van der Waals surface area (Å²) in [5, 5.41) is 11.8. The number of hydrogen-bond acceptors (Lipinski definition) is 3. The number of hydrogen-bond donors (Lipinski definition) is 1. The minimum atomic E-state index is -0.395. The summed E-state index contributed by atoms with van der Waals surface area (Å²) in [5.74, 6) is 0. The molecule has 0 unspecified atom stereocenters. The highest BCUT2D eigenvalue weighted by Crippen LogP contribution is 2.46. The lowest BCUT2D eigenvalue weighted by atomic mass is 9.73. The van der Waals surface area contributed by atoms with Crippen LogP contribution in [0.25, 0.3) is 0 Å². The third-order valence-corrected chi connectivity index (χ3v) is 3.89. The molecular formula is C18H30N2O2. The molecule has 0 bridgehead atoms. The zero-order valence-corrected chi connectivity index (χ0v) is 15.4. The molecule has 0 aromatic heterocycles. The second-order valence-corrected chi connectivity index (χ2v) is 9.12. The van der Waals surface area contributed by atoms with Crippen LogP contribution in [0.2, 0.25) is 0 Å². The van der Waals surface area contributed by atoms with E-state index in [0.29, 0.717) is 11.3 Å². The first-order valence-electron chi connectivity index (χ1n) is 7.70. The molecule has 0 radical (unpaired) electrons. The van der Waals surface area contributed by atoms with Crippen LogP contribution in [0.5, 0.6) is 0 Å². The standard InChI is InChI=1S/C18H30N2O2/c1-16(2,3)11-10-12(17(4,5)6)15(20(21)22)13(14(11)19)18(7,8)9/h10H,19H2,1-9H3. The van der Waals surface area contributed by atoms with Crippen LogP contribution in [0.3, 0.4) is 0 Å². The van der Waals surface area contributed by atoms with E-state index in [4.69, 9.17) is 5.73 Å². The van der Waals surface area contributed by atoms with Crippen LogP contribution in [0.4, 0.5) is 11.4 Å². The molecule has 0 aliphatic rings. The zero-order chi connectivity index (χ0) is 17.7. The van der Waals surface area contributed by atoms with Crippen LogP contribution < -0.4 is 5.73 Å². The lowest BCUT2D eigenvalue weighted by molar-refractivity contribution is -0.387. The normalized spacial score (nSPS) is 13.3. The van der Waals surface area contributed by atoms with Crippen LogP contribution in [-0.4, -0.2) is 4.92 Å². The Morgan fingerprint density at radius 3 is 1.55 bits per heavy atom. The van der Waals surface area contributed by atoms with Gasteiger partial charge in [-0.15, -0.1) is 0 Å². The van der Waals surface area contributed by atoms with Gasteiger partial charge in [-0.2, -0.15) is 0 Å². The molecule has 0 saturated heterocycles. The maximum Gasteiger partial charge on any atom is 0.278 e. The topological polar surface area (TPSA) is 69.2 Å². The second kappa shape index (κ2) is 5.25. The van der Waals surface area contributed by atoms with E-state index in [1.807, 2.05) is 47.6 Å². The summed E-state index contributed by atoms with van der Waals surface area (Å²) in [7, 11) is 0. The predicted octanol–water partition coefficient (Wildman–Crippen LogP) is 5.07. The van der Waals surface area contributed by atoms with Crippen molar-refractivity contribution in [1.82, 2.24) is 0 Å². The maximum atomic E-state index is 11.8. The maximum absolute atomic E-state index is 11.8. The Labute approximate surface area is 134 Å². The number of rotatable bonds is 1. The molecule has 1 rings (SSSR count). The Balaban J connectivity index is 4.07. The molecule has 0 aliphatic heterocycles. The van der Waals surface area contributed by atoms with Crippen molar-refractivity contribution in [3.05, 3.63) is 32.9 Å². The SMILES string of the molecule is CC(C)(C)c1cc(C(C)(C)C)c([N+](=O)[O-])c(C(C)(C)C)c1N. The van der Waals surface area contributed by atoms with Gasteiger partial charge in [-0.05, 0) is 27.9 Å². The van der Waals surface area contributed by atoms with Gasteiger partial charge >= 0.3 is 0 Å². The van der Waals surface area contributed by atoms with Crippen molar-refractivity contribution < 1.29 is 4.92 Å². The predicted molar refractivity (Wildman–Crippen MR) is 93.6 cm³/mol. The number of nitro groups is 1. The van der Waals surface area contributed by atoms with E-state index in [9.17, 15) is 10.1 Å². The first-order valence-corrected chi connectivity index (χ1v) is 7.70. The molecule has 0 fully saturated rings. The van der Waals surface area contributed by atoms with Crippen LogP contribution in [0, 0.1) is 10.1 Å². The van der Waals surface area contributed by atoms with Gasteiger partial charge in [0, 0.05) is 11.3 Å². The minimum Gasteiger partial charge on any atom is -0.398 e. The molecule has 4 nitrogen and oxygen atoms in total. The van der Waals surface area contributed by atoms with Gasteiger partial charge < -0.3 is 5.73 Å². The number of nitrogens with two attached hydrogens (primary N) is 1. The van der Waals surface area contributed by atoms with E-state index in [2.05, 4.69) is 20.8 Å². The summed E-state index contributed by atoms with van der Waals surface area (Å²) >= 11 is 0. The molecular weight excluding hydrogens is 276 g/mol. The fourth-order valence-electron chi connectivity index (χ4n) is 2.83. The smallest absolute Gasteiger partial charge is 0.278 e. The number of nitrogens with zero attached hydrogens (tertiary/aromatic N) is 1. The largest absolute Gasteiger partial charge is 0.398 e. The lowest BCUT2D eigenvalue weighted by Gasteiger charge is -2.31. The summed E-state index contributed by atoms with van der Waals surface area (Å²) in [6.45, 7) is 18.2. The van der Waals surface area contributed by atoms with Crippen molar-refractivity contribution in [3.8, 4) is 0 Å². The molecule has 0 aliphatic carbocycles. The van der Waals surface area contributed by atoms with E-state index in [1.54, 1.807) is 0 Å². The van der Waals surface area contributed by atoms with Gasteiger partial charge in [-0.25, -0.2) is 0 Å². The zero-order valence-electron chi connectivity index (χ0n) is 15.4. The first kappa shape index (κ1) is 18.5. The van der Waals surface area contributed by atoms with Crippen molar-refractivity contribution in [2.45, 2.75) is 78.6 Å². The van der Waals surface area contributed by atoms with Crippen molar-refractivity contribution in [3.63, 3.8) is 0 Å². The van der Waals surface area contributed by atoms with E-state index >= 15 is 0 Å². The van der Waals surface area contributed by atoms with Gasteiger partial charge in [0.2, 0.25) is 0 Å². The molecule has 2 N–H and O–H groups in total. The summed E-state index contributed by atoms with van der Waals surface area (Å²) < 4.78 is 0. The monoisotopic (exact) mass is 306 g/mol. The summed E-state index contributed by atoms with van der Waals surface area (Å²) in [6, 6.07) is 1.93. The Kier molecular flexibility index (Phi) is 4.41. The van der Waals surface area contributed by atoms with Crippen molar-refractivity contribution in [2.24, 2.45) is 0 Å². The van der Waals surface area contributed by atoms with E-state index in [-0.39, 0.29) is 21.4 Å². The molecule has 0 saturated carbocycles. The quantitative estimate of drug-likeness (QED) is 0.447. The van der Waals surface area contributed by atoms with Crippen molar-refractivity contribution in [1.29, 1.82) is 0 Å². The fraction of sp³-hybridized carbons (Fsp3) is 0.667. The van der Waals surface area contributed by atoms with Crippen molar-refractivity contribution in [2.75, 3.05) is 5.73 Å². The first-order chi connectivity index (χ1) is 9.58. The Morgan fingerprint density at radius 2 is 1.27 bits per heavy atom. The average molecular weight is 306 g/mol. The number of benzene rings is 1. The van der Waals surface area contributed by atoms with Crippen LogP contribution in [0.15, 0.2) is 6.07 Å². The molecule has 22 heavy (non-hydrogen) atoms. The lowest BCUT2D eigenvalue weighted by Crippen LogP contribution is -2.26. The fourth-order valence-corrected chi connectivity index (χ4v) is 2.83. The third kappa shape index (κ3) is 3.42. The van der Waals surface area contributed by atoms with Gasteiger partial charge in [0.05, 0.1) is 10.5 Å². The Morgan fingerprint density at radius 1 is 0.864 bits per heavy atom. The van der Waals surface area contributed by atoms with E-state index in [0.717, 1.165) is 11.1 Å². The third-order valence-electron chi connectivity index (χ3n) is 3.89. The van der Waals surface area contributed by atoms with Gasteiger partial charge in [-0.3, -0.25) is 10.1 Å². The molecule has 1 aromatic rings. The van der Waals surface area contributed by atoms with Crippen LogP contribution in [-0.2, 0) is 16.2 Å². The second-order valence-electron chi connectivity index (χ2n) is 9.12. The highest BCUT2D eigenvalue weighted by atomic mass is 16.6. The highest BCUT2D eigenvalue weighted by molar-refractivity contribution is 5.71. The molecule has 0 spiro atoms. The summed E-state index contributed by atoms with van der Waals surface area (Å²) in [5.41, 5.74) is 8.62. The Bertz CT molecular complexity index is 597. The molecule has 4 heteroatoms. The van der Waals surface area contributed by atoms with E-state index < -0.39 is 5.41 Å². The van der Waals surface area contributed by atoms with E-state index in [1.165, 1.54) is 0 Å². The number of nitro benzene ring substituents is 1. The van der Waals surface area contributed by atoms with Gasteiger partial charge in [0.1, 0.15) is 0 Å². The minimum absolute atomic E-state index is 0.167. The Hall–Kier alpha value is -1.58. The molecule has 0 atom stereocenters. The number of nitrogen functional groups attached to an aromatic ring is 1. The average Bonchev–Trinajstić information content (AvgIpc) is 2.22. The molecule has 124 valence electrons. The van der Waals surface area contributed by atoms with Crippen molar-refractivity contribution >= 4 is 11.4 Å². The summed E-state index contributed by atoms with van der Waals surface area (Å²) in [4.78, 5) is 11.5. The molecule has 1 aromatic carbocycles. The van der Waals surface area contributed by atoms with Gasteiger partial charge in [-0.1, -0.05) is 62.3 Å². The highest BCUT2D eigenvalue weighted by Gasteiger charge is 2.37. The van der Waals surface area contributed by atoms with Gasteiger partial charge in [0.25, 0.3) is 5.69 Å². The molecule has 0 amide bonds. The van der Waals surface area contributed by atoms with Gasteiger partial charge in [0.15, 0.2) is 0 Å². The summed E-state index contributed by atoms with van der Waals surface area (Å²) in [6.07, 6.45) is 0.